The Bertz CT molecular complexity index is 493. The minimum Gasteiger partial charge on any atom is -0.460 e. The van der Waals surface area contributed by atoms with Crippen molar-refractivity contribution in [1.82, 2.24) is 0 Å². The van der Waals surface area contributed by atoms with Gasteiger partial charge in [-0.15, -0.1) is 0 Å². The molecule has 0 spiro atoms. The third kappa shape index (κ3) is 3.06. The molecule has 0 saturated carbocycles. The minimum atomic E-state index is -3.92. The van der Waals surface area contributed by atoms with E-state index in [1.54, 1.807) is 0 Å². The number of rotatable bonds is 4. The summed E-state index contributed by atoms with van der Waals surface area (Å²) in [6.45, 7) is 2.07. The lowest BCUT2D eigenvalue weighted by Gasteiger charge is -1.98. The molecule has 1 aromatic heterocycles. The van der Waals surface area contributed by atoms with Gasteiger partial charge in [0, 0.05) is 6.07 Å². The van der Waals surface area contributed by atoms with Crippen LogP contribution in [0.2, 0.25) is 0 Å². The van der Waals surface area contributed by atoms with Gasteiger partial charge in [0.05, 0.1) is 6.61 Å². The molecule has 16 heavy (non-hydrogen) atoms. The lowest BCUT2D eigenvalue weighted by molar-refractivity contribution is 0.0467. The van der Waals surface area contributed by atoms with Crippen LogP contribution in [-0.4, -0.2) is 21.0 Å². The SMILES string of the molecule is CCCOC(=O)c1cc(S(N)(=O)=O)c(Br)o1. The molecule has 0 unspecified atom stereocenters. The Kier molecular flexibility index (Phi) is 4.11. The summed E-state index contributed by atoms with van der Waals surface area (Å²) in [4.78, 5) is 11.0. The molecule has 90 valence electrons. The molecule has 0 amide bonds. The molecular weight excluding hydrogens is 302 g/mol. The number of carbonyl (C=O) groups is 1. The van der Waals surface area contributed by atoms with Crippen LogP contribution in [0.5, 0.6) is 0 Å². The summed E-state index contributed by atoms with van der Waals surface area (Å²) in [5.41, 5.74) is 0. The smallest absolute Gasteiger partial charge is 0.374 e. The Balaban J connectivity index is 2.98. The van der Waals surface area contributed by atoms with Crippen molar-refractivity contribution < 1.29 is 22.4 Å². The molecule has 0 radical (unpaired) electrons. The number of hydrogen-bond donors (Lipinski definition) is 1. The van der Waals surface area contributed by atoms with Crippen LogP contribution in [0.4, 0.5) is 0 Å². The van der Waals surface area contributed by atoms with Gasteiger partial charge in [-0.1, -0.05) is 6.92 Å². The van der Waals surface area contributed by atoms with Gasteiger partial charge < -0.3 is 9.15 Å². The molecule has 0 aliphatic heterocycles. The highest BCUT2D eigenvalue weighted by atomic mass is 79.9. The lowest BCUT2D eigenvalue weighted by Crippen LogP contribution is -2.11. The maximum Gasteiger partial charge on any atom is 0.374 e. The normalized spacial score (nSPS) is 11.4. The summed E-state index contributed by atoms with van der Waals surface area (Å²) in [7, 11) is -3.92. The fourth-order valence-electron chi connectivity index (χ4n) is 0.913. The van der Waals surface area contributed by atoms with Crippen molar-refractivity contribution in [3.05, 3.63) is 16.5 Å². The van der Waals surface area contributed by atoms with Crippen molar-refractivity contribution in [3.8, 4) is 0 Å². The largest absolute Gasteiger partial charge is 0.460 e. The molecule has 6 nitrogen and oxygen atoms in total. The average Bonchev–Trinajstić information content (AvgIpc) is 2.56. The first kappa shape index (κ1) is 13.2. The van der Waals surface area contributed by atoms with E-state index in [0.29, 0.717) is 6.42 Å². The van der Waals surface area contributed by atoms with Crippen LogP contribution >= 0.6 is 15.9 Å². The van der Waals surface area contributed by atoms with Crippen molar-refractivity contribution in [2.24, 2.45) is 5.14 Å². The minimum absolute atomic E-state index is 0.113. The number of halogens is 1. The van der Waals surface area contributed by atoms with Crippen molar-refractivity contribution in [2.75, 3.05) is 6.61 Å². The second-order valence-corrected chi connectivity index (χ2v) is 5.18. The van der Waals surface area contributed by atoms with Crippen molar-refractivity contribution in [1.29, 1.82) is 0 Å². The molecule has 1 rings (SSSR count). The van der Waals surface area contributed by atoms with E-state index >= 15 is 0 Å². The Morgan fingerprint density at radius 1 is 1.62 bits per heavy atom. The highest BCUT2D eigenvalue weighted by molar-refractivity contribution is 9.10. The summed E-state index contributed by atoms with van der Waals surface area (Å²) in [6.07, 6.45) is 0.662. The second-order valence-electron chi connectivity index (χ2n) is 2.93. The average molecular weight is 312 g/mol. The van der Waals surface area contributed by atoms with Crippen molar-refractivity contribution in [2.45, 2.75) is 18.2 Å². The Hall–Kier alpha value is -0.860. The van der Waals surface area contributed by atoms with E-state index in [9.17, 15) is 13.2 Å². The topological polar surface area (TPSA) is 99.6 Å². The number of furan rings is 1. The number of esters is 1. The molecule has 0 fully saturated rings. The van der Waals surface area contributed by atoms with Gasteiger partial charge in [0.2, 0.25) is 15.8 Å². The number of nitrogens with two attached hydrogens (primary N) is 1. The summed E-state index contributed by atoms with van der Waals surface area (Å²) in [5.74, 6) is -0.929. The highest BCUT2D eigenvalue weighted by Gasteiger charge is 2.22. The quantitative estimate of drug-likeness (QED) is 0.844. The summed E-state index contributed by atoms with van der Waals surface area (Å²) >= 11 is 2.86. The first-order chi connectivity index (χ1) is 7.36. The predicted molar refractivity (Wildman–Crippen MR) is 58.4 cm³/mol. The van der Waals surface area contributed by atoms with Gasteiger partial charge in [0.1, 0.15) is 4.90 Å². The van der Waals surface area contributed by atoms with Gasteiger partial charge in [-0.25, -0.2) is 18.4 Å². The predicted octanol–water partition coefficient (Wildman–Crippen LogP) is 1.26. The van der Waals surface area contributed by atoms with E-state index in [-0.39, 0.29) is 21.9 Å². The Morgan fingerprint density at radius 2 is 2.25 bits per heavy atom. The van der Waals surface area contributed by atoms with Gasteiger partial charge >= 0.3 is 5.97 Å². The summed E-state index contributed by atoms with van der Waals surface area (Å²) in [6, 6.07) is 1.03. The highest BCUT2D eigenvalue weighted by Crippen LogP contribution is 2.25. The van der Waals surface area contributed by atoms with E-state index < -0.39 is 16.0 Å². The van der Waals surface area contributed by atoms with Crippen molar-refractivity contribution in [3.63, 3.8) is 0 Å². The molecule has 0 bridgehead atoms. The zero-order valence-corrected chi connectivity index (χ0v) is 10.8. The first-order valence-electron chi connectivity index (χ1n) is 4.35. The van der Waals surface area contributed by atoms with Crippen LogP contribution in [0, 0.1) is 0 Å². The second kappa shape index (κ2) is 4.98. The molecule has 0 aromatic carbocycles. The van der Waals surface area contributed by atoms with Crippen LogP contribution in [-0.2, 0) is 14.8 Å². The maximum absolute atomic E-state index is 11.3. The molecular formula is C8H10BrNO5S. The van der Waals surface area contributed by atoms with Gasteiger partial charge in [-0.05, 0) is 22.4 Å². The Morgan fingerprint density at radius 3 is 2.69 bits per heavy atom. The van der Waals surface area contributed by atoms with E-state index in [1.165, 1.54) is 0 Å². The number of hydrogen-bond acceptors (Lipinski definition) is 5. The van der Waals surface area contributed by atoms with E-state index in [4.69, 9.17) is 14.3 Å². The number of sulfonamides is 1. The first-order valence-corrected chi connectivity index (χ1v) is 6.69. The van der Waals surface area contributed by atoms with Crippen LogP contribution < -0.4 is 5.14 Å². The van der Waals surface area contributed by atoms with Crippen LogP contribution in [0.3, 0.4) is 0 Å². The Labute approximate surface area is 101 Å². The molecule has 0 saturated heterocycles. The number of carbonyl (C=O) groups excluding carboxylic acids is 1. The van der Waals surface area contributed by atoms with E-state index in [1.807, 2.05) is 6.92 Å². The molecule has 1 aromatic rings. The van der Waals surface area contributed by atoms with Crippen molar-refractivity contribution >= 4 is 31.9 Å². The fourth-order valence-corrected chi connectivity index (χ4v) is 2.41. The molecule has 0 aliphatic rings. The third-order valence-electron chi connectivity index (χ3n) is 1.60. The van der Waals surface area contributed by atoms with Crippen LogP contribution in [0.1, 0.15) is 23.9 Å². The fraction of sp³-hybridized carbons (Fsp3) is 0.375. The summed E-state index contributed by atoms with van der Waals surface area (Å²) in [5, 5.41) is 4.90. The standard InChI is InChI=1S/C8H10BrNO5S/c1-2-3-14-8(11)5-4-6(7(9)15-5)16(10,12)13/h4H,2-3H2,1H3,(H2,10,12,13). The van der Waals surface area contributed by atoms with Gasteiger partial charge in [0.15, 0.2) is 4.67 Å². The van der Waals surface area contributed by atoms with Gasteiger partial charge in [-0.2, -0.15) is 0 Å². The maximum atomic E-state index is 11.3. The lowest BCUT2D eigenvalue weighted by atomic mass is 10.4. The van der Waals surface area contributed by atoms with Crippen LogP contribution in [0.15, 0.2) is 20.0 Å². The molecule has 2 N–H and O–H groups in total. The van der Waals surface area contributed by atoms with Crippen LogP contribution in [0.25, 0.3) is 0 Å². The monoisotopic (exact) mass is 311 g/mol. The number of ether oxygens (including phenoxy) is 1. The van der Waals surface area contributed by atoms with E-state index in [0.717, 1.165) is 6.07 Å². The number of primary sulfonamides is 1. The molecule has 8 heteroatoms. The van der Waals surface area contributed by atoms with Gasteiger partial charge in [0.25, 0.3) is 0 Å². The zero-order valence-electron chi connectivity index (χ0n) is 8.40. The summed E-state index contributed by atoms with van der Waals surface area (Å²) < 4.78 is 31.6. The molecule has 0 aliphatic carbocycles. The van der Waals surface area contributed by atoms with Gasteiger partial charge in [-0.3, -0.25) is 0 Å². The zero-order chi connectivity index (χ0) is 12.3. The molecule has 0 atom stereocenters. The van der Waals surface area contributed by atoms with E-state index in [2.05, 4.69) is 15.9 Å². The molecule has 1 heterocycles. The third-order valence-corrected chi connectivity index (χ3v) is 3.37.